The van der Waals surface area contributed by atoms with Crippen molar-refractivity contribution in [2.75, 3.05) is 11.4 Å². The number of rotatable bonds is 2. The van der Waals surface area contributed by atoms with Crippen molar-refractivity contribution in [1.82, 2.24) is 9.97 Å². The molecule has 4 rings (SSSR count). The second-order valence-corrected chi connectivity index (χ2v) is 7.02. The number of aromatic nitrogens is 2. The first-order chi connectivity index (χ1) is 10.4. The highest BCUT2D eigenvalue weighted by Gasteiger charge is 2.29. The minimum Gasteiger partial charge on any atom is -0.352 e. The van der Waals surface area contributed by atoms with E-state index in [4.69, 9.17) is 5.26 Å². The van der Waals surface area contributed by atoms with Gasteiger partial charge in [0.1, 0.15) is 17.0 Å². The Morgan fingerprint density at radius 3 is 3.10 bits per heavy atom. The summed E-state index contributed by atoms with van der Waals surface area (Å²) in [6.45, 7) is 1.02. The van der Waals surface area contributed by atoms with Gasteiger partial charge in [0, 0.05) is 17.5 Å². The highest BCUT2D eigenvalue weighted by atomic mass is 32.1. The van der Waals surface area contributed by atoms with Crippen molar-refractivity contribution in [1.29, 1.82) is 5.26 Å². The zero-order valence-corrected chi connectivity index (χ0v) is 12.8. The average molecular weight is 298 g/mol. The van der Waals surface area contributed by atoms with Crippen LogP contribution < -0.4 is 4.90 Å². The van der Waals surface area contributed by atoms with Crippen LogP contribution in [0.3, 0.4) is 0 Å². The van der Waals surface area contributed by atoms with Crippen LogP contribution in [0, 0.1) is 11.3 Å². The summed E-state index contributed by atoms with van der Waals surface area (Å²) < 4.78 is 0. The van der Waals surface area contributed by atoms with Crippen LogP contribution in [-0.2, 0) is 12.8 Å². The van der Waals surface area contributed by atoms with Gasteiger partial charge >= 0.3 is 0 Å². The Hall–Kier alpha value is -1.67. The smallest absolute Gasteiger partial charge is 0.141 e. The van der Waals surface area contributed by atoms with Gasteiger partial charge in [0.2, 0.25) is 0 Å². The predicted molar refractivity (Wildman–Crippen MR) is 84.7 cm³/mol. The number of nitrogens with zero attached hydrogens (tertiary/aromatic N) is 4. The molecule has 2 aliphatic rings. The van der Waals surface area contributed by atoms with Crippen molar-refractivity contribution >= 4 is 27.4 Å². The Morgan fingerprint density at radius 2 is 2.19 bits per heavy atom. The maximum absolute atomic E-state index is 9.05. The van der Waals surface area contributed by atoms with E-state index in [1.807, 2.05) is 11.3 Å². The van der Waals surface area contributed by atoms with Crippen molar-refractivity contribution in [3.8, 4) is 6.07 Å². The maximum Gasteiger partial charge on any atom is 0.141 e. The fraction of sp³-hybridized carbons (Fsp3) is 0.562. The summed E-state index contributed by atoms with van der Waals surface area (Å²) in [6.07, 6.45) is 9.47. The van der Waals surface area contributed by atoms with Crippen molar-refractivity contribution in [2.24, 2.45) is 0 Å². The van der Waals surface area contributed by atoms with Crippen LogP contribution in [-0.4, -0.2) is 22.6 Å². The van der Waals surface area contributed by atoms with Crippen LogP contribution in [0.4, 0.5) is 5.82 Å². The van der Waals surface area contributed by atoms with E-state index < -0.39 is 0 Å². The second kappa shape index (κ2) is 5.27. The predicted octanol–water partition coefficient (Wildman–Crippen LogP) is 3.45. The van der Waals surface area contributed by atoms with Crippen LogP contribution in [0.5, 0.6) is 0 Å². The van der Waals surface area contributed by atoms with Crippen molar-refractivity contribution in [3.63, 3.8) is 0 Å². The minimum absolute atomic E-state index is 0.326. The van der Waals surface area contributed by atoms with Gasteiger partial charge in [-0.25, -0.2) is 9.97 Å². The normalized spacial score (nSPS) is 21.5. The molecule has 0 N–H and O–H groups in total. The average Bonchev–Trinajstić information content (AvgIpc) is 3.11. The number of anilines is 1. The third-order valence-corrected chi connectivity index (χ3v) is 5.91. The van der Waals surface area contributed by atoms with Gasteiger partial charge in [-0.3, -0.25) is 0 Å². The molecule has 2 aromatic rings. The highest BCUT2D eigenvalue weighted by Crippen LogP contribution is 2.40. The molecule has 0 bridgehead atoms. The van der Waals surface area contributed by atoms with Crippen LogP contribution in [0.2, 0.25) is 0 Å². The lowest BCUT2D eigenvalue weighted by atomic mass is 9.97. The van der Waals surface area contributed by atoms with Gasteiger partial charge in [-0.1, -0.05) is 0 Å². The molecule has 0 aromatic carbocycles. The van der Waals surface area contributed by atoms with Gasteiger partial charge in [-0.2, -0.15) is 5.26 Å². The molecule has 1 aliphatic heterocycles. The van der Waals surface area contributed by atoms with E-state index in [9.17, 15) is 0 Å². The van der Waals surface area contributed by atoms with Gasteiger partial charge < -0.3 is 4.90 Å². The second-order valence-electron chi connectivity index (χ2n) is 5.94. The Labute approximate surface area is 128 Å². The van der Waals surface area contributed by atoms with E-state index in [0.29, 0.717) is 12.5 Å². The fourth-order valence-electron chi connectivity index (χ4n) is 3.72. The number of thiophene rings is 1. The molecule has 2 aromatic heterocycles. The largest absolute Gasteiger partial charge is 0.352 e. The molecule has 0 spiro atoms. The van der Waals surface area contributed by atoms with Crippen LogP contribution in [0.25, 0.3) is 10.2 Å². The molecular weight excluding hydrogens is 280 g/mol. The van der Waals surface area contributed by atoms with Gasteiger partial charge in [-0.05, 0) is 44.1 Å². The first-order valence-corrected chi connectivity index (χ1v) is 8.59. The van der Waals surface area contributed by atoms with Crippen LogP contribution in [0.15, 0.2) is 6.33 Å². The molecular formula is C16H18N4S. The Morgan fingerprint density at radius 1 is 1.29 bits per heavy atom. The Bertz CT molecular complexity index is 715. The maximum atomic E-state index is 9.05. The Balaban J connectivity index is 1.85. The van der Waals surface area contributed by atoms with Gasteiger partial charge in [-0.15, -0.1) is 11.3 Å². The van der Waals surface area contributed by atoms with Gasteiger partial charge in [0.05, 0.1) is 17.9 Å². The highest BCUT2D eigenvalue weighted by molar-refractivity contribution is 7.19. The molecule has 4 nitrogen and oxygen atoms in total. The minimum atomic E-state index is 0.326. The lowest BCUT2D eigenvalue weighted by Crippen LogP contribution is -2.29. The summed E-state index contributed by atoms with van der Waals surface area (Å²) in [5, 5.41) is 10.3. The quantitative estimate of drug-likeness (QED) is 0.852. The first-order valence-electron chi connectivity index (χ1n) is 7.77. The van der Waals surface area contributed by atoms with E-state index >= 15 is 0 Å². The summed E-state index contributed by atoms with van der Waals surface area (Å²) in [6, 6.07) is 2.66. The molecule has 3 heterocycles. The lowest BCUT2D eigenvalue weighted by molar-refractivity contribution is 0.677. The number of hydrogen-bond acceptors (Lipinski definition) is 5. The molecule has 1 aliphatic carbocycles. The number of aryl methyl sites for hydroxylation is 2. The zero-order valence-electron chi connectivity index (χ0n) is 12.0. The number of fused-ring (bicyclic) bond motifs is 3. The number of hydrogen-bond donors (Lipinski definition) is 0. The summed E-state index contributed by atoms with van der Waals surface area (Å²) >= 11 is 1.84. The zero-order chi connectivity index (χ0) is 14.2. The van der Waals surface area contributed by atoms with E-state index in [1.54, 1.807) is 6.33 Å². The van der Waals surface area contributed by atoms with Crippen LogP contribution >= 0.6 is 11.3 Å². The van der Waals surface area contributed by atoms with Crippen molar-refractivity contribution in [3.05, 3.63) is 16.8 Å². The summed E-state index contributed by atoms with van der Waals surface area (Å²) in [5.74, 6) is 1.08. The number of nitriles is 1. The summed E-state index contributed by atoms with van der Waals surface area (Å²) in [7, 11) is 0. The van der Waals surface area contributed by atoms with Crippen molar-refractivity contribution in [2.45, 2.75) is 51.0 Å². The fourth-order valence-corrected chi connectivity index (χ4v) is 4.95. The molecule has 1 atom stereocenters. The SMILES string of the molecule is N#CC[C@H]1CCCN1c1ncnc2sc3c(c12)CCCC3. The topological polar surface area (TPSA) is 52.8 Å². The van der Waals surface area contributed by atoms with E-state index in [0.717, 1.165) is 36.5 Å². The molecule has 1 fully saturated rings. The van der Waals surface area contributed by atoms with Gasteiger partial charge in [0.15, 0.2) is 0 Å². The molecule has 0 saturated carbocycles. The third-order valence-electron chi connectivity index (χ3n) is 4.71. The molecule has 0 unspecified atom stereocenters. The monoisotopic (exact) mass is 298 g/mol. The van der Waals surface area contributed by atoms with E-state index in [2.05, 4.69) is 20.9 Å². The van der Waals surface area contributed by atoms with Crippen molar-refractivity contribution < 1.29 is 0 Å². The third kappa shape index (κ3) is 2.09. The van der Waals surface area contributed by atoms with Gasteiger partial charge in [0.25, 0.3) is 0 Å². The molecule has 108 valence electrons. The molecule has 0 amide bonds. The molecule has 0 radical (unpaired) electrons. The molecule has 21 heavy (non-hydrogen) atoms. The van der Waals surface area contributed by atoms with Crippen LogP contribution in [0.1, 0.15) is 42.5 Å². The lowest BCUT2D eigenvalue weighted by Gasteiger charge is -2.25. The Kier molecular flexibility index (Phi) is 3.27. The summed E-state index contributed by atoms with van der Waals surface area (Å²) in [5.41, 5.74) is 1.49. The first kappa shape index (κ1) is 13.0. The van der Waals surface area contributed by atoms with E-state index in [1.165, 1.54) is 35.1 Å². The van der Waals surface area contributed by atoms with E-state index in [-0.39, 0.29) is 0 Å². The molecule has 1 saturated heterocycles. The summed E-state index contributed by atoms with van der Waals surface area (Å²) in [4.78, 5) is 14.1. The standard InChI is InChI=1S/C16H18N4S/c17-8-7-11-4-3-9-20(11)15-14-12-5-1-2-6-13(12)21-16(14)19-10-18-15/h10-11H,1-7,9H2/t11-/m1/s1. The molecule has 5 heteroatoms.